The molecule has 21 heavy (non-hydrogen) atoms. The van der Waals surface area contributed by atoms with Crippen LogP contribution in [-0.2, 0) is 4.79 Å². The first kappa shape index (κ1) is 17.0. The molecule has 0 aliphatic heterocycles. The van der Waals surface area contributed by atoms with Gasteiger partial charge in [0.2, 0.25) is 0 Å². The largest absolute Gasteiger partial charge is 0.480 e. The van der Waals surface area contributed by atoms with E-state index in [4.69, 9.17) is 5.11 Å². The molecule has 1 atom stereocenters. The number of amides is 2. The predicted molar refractivity (Wildman–Crippen MR) is 83.8 cm³/mol. The number of carboxylic acids is 1. The maximum absolute atomic E-state index is 12.2. The fourth-order valence-electron chi connectivity index (χ4n) is 2.20. The normalized spacial score (nSPS) is 11.8. The summed E-state index contributed by atoms with van der Waals surface area (Å²) in [6.07, 6.45) is 2.11. The molecule has 1 unspecified atom stereocenters. The Bertz CT molecular complexity index is 514. The summed E-state index contributed by atoms with van der Waals surface area (Å²) in [4.78, 5) is 24.8. The Hall–Kier alpha value is -2.04. The summed E-state index contributed by atoms with van der Waals surface area (Å²) in [5.41, 5.74) is 2.88. The lowest BCUT2D eigenvalue weighted by atomic mass is 10.1. The van der Waals surface area contributed by atoms with Crippen molar-refractivity contribution in [1.82, 2.24) is 5.32 Å². The van der Waals surface area contributed by atoms with Crippen LogP contribution in [0.5, 0.6) is 0 Å². The third-order valence-corrected chi connectivity index (χ3v) is 3.46. The molecule has 1 aromatic carbocycles. The van der Waals surface area contributed by atoms with Gasteiger partial charge in [0.15, 0.2) is 0 Å². The molecule has 0 saturated heterocycles. The molecule has 0 spiro atoms. The first-order valence-corrected chi connectivity index (χ1v) is 7.21. The molecule has 0 heterocycles. The van der Waals surface area contributed by atoms with Gasteiger partial charge in [0, 0.05) is 12.7 Å². The Labute approximate surface area is 126 Å². The molecule has 2 N–H and O–H groups in total. The van der Waals surface area contributed by atoms with Crippen molar-refractivity contribution in [2.45, 2.75) is 46.1 Å². The summed E-state index contributed by atoms with van der Waals surface area (Å²) in [6, 6.07) is 4.55. The number of hydrogen-bond donors (Lipinski definition) is 2. The third-order valence-electron chi connectivity index (χ3n) is 3.46. The highest BCUT2D eigenvalue weighted by Gasteiger charge is 2.22. The molecule has 5 heteroatoms. The van der Waals surface area contributed by atoms with Gasteiger partial charge in [-0.2, -0.15) is 0 Å². The lowest BCUT2D eigenvalue weighted by Crippen LogP contribution is -2.47. The van der Waals surface area contributed by atoms with E-state index in [0.717, 1.165) is 29.7 Å². The number of anilines is 1. The standard InChI is InChI=1S/C16H24N2O3/c1-5-6-7-13(15(19)20)17-16(21)18(4)14-9-8-11(2)10-12(14)3/h8-10,13H,5-7H2,1-4H3,(H,17,21)(H,19,20). The molecule has 2 amide bonds. The molecule has 0 aromatic heterocycles. The molecule has 1 aromatic rings. The minimum Gasteiger partial charge on any atom is -0.480 e. The van der Waals surface area contributed by atoms with Crippen molar-refractivity contribution in [3.8, 4) is 0 Å². The van der Waals surface area contributed by atoms with Crippen molar-refractivity contribution in [3.63, 3.8) is 0 Å². The smallest absolute Gasteiger partial charge is 0.326 e. The monoisotopic (exact) mass is 292 g/mol. The van der Waals surface area contributed by atoms with Crippen molar-refractivity contribution in [1.29, 1.82) is 0 Å². The van der Waals surface area contributed by atoms with E-state index in [-0.39, 0.29) is 0 Å². The highest BCUT2D eigenvalue weighted by molar-refractivity contribution is 5.94. The van der Waals surface area contributed by atoms with E-state index in [0.29, 0.717) is 6.42 Å². The summed E-state index contributed by atoms with van der Waals surface area (Å²) in [6.45, 7) is 5.91. The van der Waals surface area contributed by atoms with Crippen molar-refractivity contribution in [3.05, 3.63) is 29.3 Å². The topological polar surface area (TPSA) is 69.6 Å². The minimum atomic E-state index is -0.995. The number of carbonyl (C=O) groups is 2. The van der Waals surface area contributed by atoms with E-state index in [1.807, 2.05) is 39.0 Å². The molecule has 0 bridgehead atoms. The highest BCUT2D eigenvalue weighted by Crippen LogP contribution is 2.20. The van der Waals surface area contributed by atoms with Crippen molar-refractivity contribution in [2.75, 3.05) is 11.9 Å². The van der Waals surface area contributed by atoms with Crippen molar-refractivity contribution < 1.29 is 14.7 Å². The van der Waals surface area contributed by atoms with Gasteiger partial charge in [-0.05, 0) is 31.9 Å². The Kier molecular flexibility index (Phi) is 6.21. The van der Waals surface area contributed by atoms with Crippen LogP contribution in [0.1, 0.15) is 37.3 Å². The SMILES string of the molecule is CCCCC(NC(=O)N(C)c1ccc(C)cc1C)C(=O)O. The average Bonchev–Trinajstić information content (AvgIpc) is 2.42. The summed E-state index contributed by atoms with van der Waals surface area (Å²) >= 11 is 0. The molecule has 0 aliphatic carbocycles. The van der Waals surface area contributed by atoms with E-state index in [1.54, 1.807) is 7.05 Å². The third kappa shape index (κ3) is 4.77. The first-order valence-electron chi connectivity index (χ1n) is 7.21. The number of aliphatic carboxylic acids is 1. The number of nitrogens with one attached hydrogen (secondary N) is 1. The van der Waals surface area contributed by atoms with Crippen LogP contribution in [0.3, 0.4) is 0 Å². The van der Waals surface area contributed by atoms with Gasteiger partial charge in [-0.1, -0.05) is 37.5 Å². The van der Waals surface area contributed by atoms with Crippen LogP contribution >= 0.6 is 0 Å². The molecule has 0 saturated carbocycles. The van der Waals surface area contributed by atoms with Gasteiger partial charge in [0.25, 0.3) is 0 Å². The van der Waals surface area contributed by atoms with Gasteiger partial charge < -0.3 is 10.4 Å². The molecule has 0 aliphatic rings. The van der Waals surface area contributed by atoms with Crippen LogP contribution in [0, 0.1) is 13.8 Å². The number of carbonyl (C=O) groups excluding carboxylic acids is 1. The average molecular weight is 292 g/mol. The number of nitrogens with zero attached hydrogens (tertiary/aromatic N) is 1. The first-order chi connectivity index (χ1) is 9.86. The van der Waals surface area contributed by atoms with E-state index < -0.39 is 18.0 Å². The van der Waals surface area contributed by atoms with E-state index >= 15 is 0 Å². The zero-order valence-corrected chi connectivity index (χ0v) is 13.1. The Morgan fingerprint density at radius 2 is 2.00 bits per heavy atom. The molecular formula is C16H24N2O3. The van der Waals surface area contributed by atoms with Crippen molar-refractivity contribution >= 4 is 17.7 Å². The number of benzene rings is 1. The van der Waals surface area contributed by atoms with Gasteiger partial charge in [0.05, 0.1) is 0 Å². The quantitative estimate of drug-likeness (QED) is 0.846. The van der Waals surface area contributed by atoms with Crippen LogP contribution < -0.4 is 10.2 Å². The maximum atomic E-state index is 12.2. The summed E-state index contributed by atoms with van der Waals surface area (Å²) < 4.78 is 0. The van der Waals surface area contributed by atoms with Crippen LogP contribution in [0.4, 0.5) is 10.5 Å². The van der Waals surface area contributed by atoms with Gasteiger partial charge in [0.1, 0.15) is 6.04 Å². The van der Waals surface area contributed by atoms with E-state index in [2.05, 4.69) is 5.32 Å². The Balaban J connectivity index is 2.79. The Morgan fingerprint density at radius 3 is 2.52 bits per heavy atom. The predicted octanol–water partition coefficient (Wildman–Crippen LogP) is 3.09. The van der Waals surface area contributed by atoms with Crippen LogP contribution in [0.15, 0.2) is 18.2 Å². The summed E-state index contributed by atoms with van der Waals surface area (Å²) in [5.74, 6) is -0.995. The summed E-state index contributed by atoms with van der Waals surface area (Å²) in [5, 5.41) is 11.7. The van der Waals surface area contributed by atoms with Crippen LogP contribution in [0.25, 0.3) is 0 Å². The van der Waals surface area contributed by atoms with Gasteiger partial charge in [-0.15, -0.1) is 0 Å². The lowest BCUT2D eigenvalue weighted by Gasteiger charge is -2.23. The Morgan fingerprint density at radius 1 is 1.33 bits per heavy atom. The van der Waals surface area contributed by atoms with Crippen molar-refractivity contribution in [2.24, 2.45) is 0 Å². The zero-order valence-electron chi connectivity index (χ0n) is 13.1. The highest BCUT2D eigenvalue weighted by atomic mass is 16.4. The molecule has 5 nitrogen and oxygen atoms in total. The molecular weight excluding hydrogens is 268 g/mol. The molecule has 1 rings (SSSR count). The number of urea groups is 1. The van der Waals surface area contributed by atoms with Gasteiger partial charge >= 0.3 is 12.0 Å². The fraction of sp³-hybridized carbons (Fsp3) is 0.500. The van der Waals surface area contributed by atoms with E-state index in [9.17, 15) is 9.59 Å². The van der Waals surface area contributed by atoms with Crippen LogP contribution in [-0.4, -0.2) is 30.2 Å². The maximum Gasteiger partial charge on any atom is 0.326 e. The zero-order chi connectivity index (χ0) is 16.0. The minimum absolute atomic E-state index is 0.398. The number of aryl methyl sites for hydroxylation is 2. The molecule has 116 valence electrons. The second kappa shape index (κ2) is 7.67. The molecule has 0 fully saturated rings. The number of carboxylic acid groups (broad SMARTS) is 1. The van der Waals surface area contributed by atoms with Gasteiger partial charge in [-0.3, -0.25) is 4.90 Å². The van der Waals surface area contributed by atoms with E-state index in [1.165, 1.54) is 4.90 Å². The summed E-state index contributed by atoms with van der Waals surface area (Å²) in [7, 11) is 1.64. The number of hydrogen-bond acceptors (Lipinski definition) is 2. The lowest BCUT2D eigenvalue weighted by molar-refractivity contribution is -0.139. The second-order valence-corrected chi connectivity index (χ2v) is 5.33. The van der Waals surface area contributed by atoms with Crippen LogP contribution in [0.2, 0.25) is 0 Å². The number of unbranched alkanes of at least 4 members (excludes halogenated alkanes) is 1. The second-order valence-electron chi connectivity index (χ2n) is 5.33. The van der Waals surface area contributed by atoms with Gasteiger partial charge in [-0.25, -0.2) is 9.59 Å². The molecule has 0 radical (unpaired) electrons. The number of rotatable bonds is 6. The fourth-order valence-corrected chi connectivity index (χ4v) is 2.20.